The molecule has 4 heterocycles. The first-order valence-electron chi connectivity index (χ1n) is 9.80. The van der Waals surface area contributed by atoms with Crippen molar-refractivity contribution in [3.63, 3.8) is 0 Å². The fourth-order valence-electron chi connectivity index (χ4n) is 4.71. The highest BCUT2D eigenvalue weighted by Crippen LogP contribution is 2.33. The Bertz CT molecular complexity index is 1270. The minimum absolute atomic E-state index is 0.0472. The van der Waals surface area contributed by atoms with Gasteiger partial charge in [0, 0.05) is 18.1 Å². The van der Waals surface area contributed by atoms with Crippen molar-refractivity contribution in [2.24, 2.45) is 0 Å². The normalized spacial score (nSPS) is 24.0. The minimum atomic E-state index is -1.15. The molecule has 2 aromatic heterocycles. The second kappa shape index (κ2) is 6.77. The number of aromatic amines is 1. The third-order valence-corrected chi connectivity index (χ3v) is 5.96. The van der Waals surface area contributed by atoms with Gasteiger partial charge in [-0.2, -0.15) is 4.39 Å². The molecule has 2 fully saturated rings. The molecule has 3 aromatic rings. The molecule has 2 aliphatic rings. The van der Waals surface area contributed by atoms with E-state index in [9.17, 15) is 18.8 Å². The average molecular weight is 397 g/mol. The van der Waals surface area contributed by atoms with Crippen molar-refractivity contribution in [3.8, 4) is 5.82 Å². The molecule has 8 nitrogen and oxygen atoms in total. The van der Waals surface area contributed by atoms with Crippen LogP contribution in [0.5, 0.6) is 0 Å². The molecule has 1 unspecified atom stereocenters. The van der Waals surface area contributed by atoms with Crippen LogP contribution in [0.3, 0.4) is 0 Å². The molecular formula is C20H20FN5O3. The van der Waals surface area contributed by atoms with Gasteiger partial charge in [0.15, 0.2) is 0 Å². The van der Waals surface area contributed by atoms with Crippen LogP contribution in [-0.2, 0) is 0 Å². The SMILES string of the molecule is O=c1[nH]c(=O)n(-c2nc3ccccc3n(C3C[C@H]4CCC[C@@H](C3)N4)c2=O)cc1F. The Kier molecular flexibility index (Phi) is 4.20. The predicted molar refractivity (Wildman–Crippen MR) is 105 cm³/mol. The van der Waals surface area contributed by atoms with Crippen LogP contribution < -0.4 is 22.1 Å². The van der Waals surface area contributed by atoms with Gasteiger partial charge >= 0.3 is 5.69 Å². The topological polar surface area (TPSA) is 102 Å². The fraction of sp³-hybridized carbons (Fsp3) is 0.400. The molecule has 0 saturated carbocycles. The summed E-state index contributed by atoms with van der Waals surface area (Å²) >= 11 is 0. The van der Waals surface area contributed by atoms with Gasteiger partial charge in [-0.3, -0.25) is 14.6 Å². The highest BCUT2D eigenvalue weighted by atomic mass is 19.1. The third-order valence-electron chi connectivity index (χ3n) is 5.96. The molecule has 0 aliphatic carbocycles. The number of nitrogens with zero attached hydrogens (tertiary/aromatic N) is 3. The van der Waals surface area contributed by atoms with Crippen LogP contribution in [-0.4, -0.2) is 31.2 Å². The van der Waals surface area contributed by atoms with Gasteiger partial charge in [-0.25, -0.2) is 14.3 Å². The van der Waals surface area contributed by atoms with Crippen molar-refractivity contribution in [2.75, 3.05) is 0 Å². The fourth-order valence-corrected chi connectivity index (χ4v) is 4.71. The van der Waals surface area contributed by atoms with E-state index in [0.29, 0.717) is 23.1 Å². The summed E-state index contributed by atoms with van der Waals surface area (Å²) in [7, 11) is 0. The Hall–Kier alpha value is -3.07. The van der Waals surface area contributed by atoms with Crippen molar-refractivity contribution >= 4 is 11.0 Å². The zero-order valence-electron chi connectivity index (χ0n) is 15.6. The monoisotopic (exact) mass is 397 g/mol. The predicted octanol–water partition coefficient (Wildman–Crippen LogP) is 1.22. The maximum absolute atomic E-state index is 13.9. The highest BCUT2D eigenvalue weighted by Gasteiger charge is 2.33. The molecular weight excluding hydrogens is 377 g/mol. The summed E-state index contributed by atoms with van der Waals surface area (Å²) in [4.78, 5) is 43.3. The summed E-state index contributed by atoms with van der Waals surface area (Å²) in [6, 6.07) is 7.88. The van der Waals surface area contributed by atoms with E-state index in [0.717, 1.165) is 36.4 Å². The van der Waals surface area contributed by atoms with Gasteiger partial charge in [0.2, 0.25) is 11.6 Å². The number of hydrogen-bond donors (Lipinski definition) is 2. The Balaban J connectivity index is 1.75. The van der Waals surface area contributed by atoms with Gasteiger partial charge < -0.3 is 9.88 Å². The van der Waals surface area contributed by atoms with E-state index in [-0.39, 0.29) is 11.9 Å². The summed E-state index contributed by atoms with van der Waals surface area (Å²) in [5.74, 6) is -1.37. The number of para-hydroxylation sites is 2. The summed E-state index contributed by atoms with van der Waals surface area (Å²) in [6.45, 7) is 0. The summed E-state index contributed by atoms with van der Waals surface area (Å²) in [6.07, 6.45) is 5.65. The Morgan fingerprint density at radius 3 is 2.55 bits per heavy atom. The largest absolute Gasteiger partial charge is 0.334 e. The number of benzene rings is 1. The first-order valence-corrected chi connectivity index (χ1v) is 9.80. The molecule has 0 spiro atoms. The number of rotatable bonds is 2. The van der Waals surface area contributed by atoms with Gasteiger partial charge in [0.25, 0.3) is 11.1 Å². The summed E-state index contributed by atoms with van der Waals surface area (Å²) in [5, 5.41) is 3.61. The maximum atomic E-state index is 13.9. The lowest BCUT2D eigenvalue weighted by Crippen LogP contribution is -2.50. The Morgan fingerprint density at radius 2 is 1.79 bits per heavy atom. The molecule has 2 bridgehead atoms. The molecule has 0 radical (unpaired) electrons. The number of H-pyrrole nitrogens is 1. The molecule has 1 aromatic carbocycles. The van der Waals surface area contributed by atoms with Crippen molar-refractivity contribution in [2.45, 2.75) is 50.2 Å². The van der Waals surface area contributed by atoms with Gasteiger partial charge in [-0.15, -0.1) is 0 Å². The van der Waals surface area contributed by atoms with E-state index in [1.54, 1.807) is 16.7 Å². The Morgan fingerprint density at radius 1 is 1.07 bits per heavy atom. The molecule has 2 N–H and O–H groups in total. The van der Waals surface area contributed by atoms with Gasteiger partial charge in [0.1, 0.15) is 0 Å². The smallest absolute Gasteiger partial charge is 0.311 e. The second-order valence-corrected chi connectivity index (χ2v) is 7.82. The second-order valence-electron chi connectivity index (χ2n) is 7.82. The molecule has 5 rings (SSSR count). The number of fused-ring (bicyclic) bond motifs is 3. The lowest BCUT2D eigenvalue weighted by molar-refractivity contribution is 0.188. The van der Waals surface area contributed by atoms with Crippen molar-refractivity contribution in [3.05, 3.63) is 67.5 Å². The third kappa shape index (κ3) is 3.02. The summed E-state index contributed by atoms with van der Waals surface area (Å²) in [5.41, 5.74) is -1.28. The standard InChI is InChI=1S/C20H20FN5O3/c21-14-10-25(20(29)24-18(14)27)17-19(28)26(16-7-2-1-6-15(16)23-17)13-8-11-4-3-5-12(9-13)22-11/h1-2,6-7,10-13,22H,3-5,8-9H2,(H,24,27,29)/t11-,12+,13?. The molecule has 2 aliphatic heterocycles. The minimum Gasteiger partial charge on any atom is -0.311 e. The van der Waals surface area contributed by atoms with E-state index in [4.69, 9.17) is 0 Å². The molecule has 29 heavy (non-hydrogen) atoms. The van der Waals surface area contributed by atoms with Crippen LogP contribution >= 0.6 is 0 Å². The first kappa shape index (κ1) is 18.0. The number of halogens is 1. The van der Waals surface area contributed by atoms with Crippen molar-refractivity contribution in [1.29, 1.82) is 0 Å². The number of aromatic nitrogens is 4. The van der Waals surface area contributed by atoms with E-state index >= 15 is 0 Å². The Labute approximate surface area is 164 Å². The van der Waals surface area contributed by atoms with Gasteiger partial charge in [-0.1, -0.05) is 18.6 Å². The zero-order chi connectivity index (χ0) is 20.1. The molecule has 2 saturated heterocycles. The molecule has 3 atom stereocenters. The van der Waals surface area contributed by atoms with Crippen molar-refractivity contribution in [1.82, 2.24) is 24.4 Å². The van der Waals surface area contributed by atoms with E-state index in [1.165, 1.54) is 6.42 Å². The number of piperidine rings is 2. The van der Waals surface area contributed by atoms with Gasteiger partial charge in [0.05, 0.1) is 17.2 Å². The van der Waals surface area contributed by atoms with E-state index in [1.807, 2.05) is 17.1 Å². The van der Waals surface area contributed by atoms with Crippen LogP contribution in [0, 0.1) is 5.82 Å². The van der Waals surface area contributed by atoms with Crippen LogP contribution in [0.2, 0.25) is 0 Å². The van der Waals surface area contributed by atoms with Crippen LogP contribution in [0.1, 0.15) is 38.1 Å². The number of hydrogen-bond acceptors (Lipinski definition) is 5. The van der Waals surface area contributed by atoms with E-state index < -0.39 is 22.6 Å². The van der Waals surface area contributed by atoms with Crippen LogP contribution in [0.15, 0.2) is 44.8 Å². The van der Waals surface area contributed by atoms with E-state index in [2.05, 4.69) is 10.3 Å². The highest BCUT2D eigenvalue weighted by molar-refractivity contribution is 5.75. The molecule has 150 valence electrons. The maximum Gasteiger partial charge on any atom is 0.334 e. The van der Waals surface area contributed by atoms with Gasteiger partial charge in [-0.05, 0) is 37.8 Å². The lowest BCUT2D eigenvalue weighted by Gasteiger charge is -2.41. The summed E-state index contributed by atoms with van der Waals surface area (Å²) < 4.78 is 16.3. The quantitative estimate of drug-likeness (QED) is 0.677. The molecule has 0 amide bonds. The first-order chi connectivity index (χ1) is 14.0. The van der Waals surface area contributed by atoms with Crippen LogP contribution in [0.4, 0.5) is 4.39 Å². The number of nitrogens with one attached hydrogen (secondary N) is 2. The zero-order valence-corrected chi connectivity index (χ0v) is 15.6. The average Bonchev–Trinajstić information content (AvgIpc) is 2.70. The van der Waals surface area contributed by atoms with Crippen LogP contribution in [0.25, 0.3) is 16.9 Å². The lowest BCUT2D eigenvalue weighted by atomic mass is 9.84. The molecule has 9 heteroatoms. The van der Waals surface area contributed by atoms with Crippen molar-refractivity contribution < 1.29 is 4.39 Å².